The molecule has 0 bridgehead atoms. The molecule has 0 aliphatic carbocycles. The van der Waals surface area contributed by atoms with Crippen molar-refractivity contribution >= 4 is 5.69 Å². The molecule has 0 amide bonds. The van der Waals surface area contributed by atoms with Crippen LogP contribution in [0.15, 0.2) is 42.7 Å². The van der Waals surface area contributed by atoms with Gasteiger partial charge in [0.15, 0.2) is 11.5 Å². The number of nitrogens with one attached hydrogen (secondary N) is 1. The minimum atomic E-state index is 0.677. The lowest BCUT2D eigenvalue weighted by Gasteiger charge is -2.12. The van der Waals surface area contributed by atoms with Crippen molar-refractivity contribution < 1.29 is 9.47 Å². The number of hydrogen-bond donors (Lipinski definition) is 1. The minimum absolute atomic E-state index is 0.677. The van der Waals surface area contributed by atoms with E-state index in [1.54, 1.807) is 12.4 Å². The van der Waals surface area contributed by atoms with Crippen LogP contribution in [0, 0.1) is 0 Å². The molecule has 106 valence electrons. The summed E-state index contributed by atoms with van der Waals surface area (Å²) in [6.45, 7) is 5.64. The van der Waals surface area contributed by atoms with Crippen LogP contribution in [0.2, 0.25) is 0 Å². The number of benzene rings is 1. The van der Waals surface area contributed by atoms with Crippen molar-refractivity contribution in [2.24, 2.45) is 0 Å². The number of pyridine rings is 1. The van der Waals surface area contributed by atoms with Gasteiger partial charge in [-0.3, -0.25) is 4.98 Å². The minimum Gasteiger partial charge on any atom is -0.490 e. The van der Waals surface area contributed by atoms with E-state index in [0.717, 1.165) is 24.4 Å². The molecule has 0 saturated heterocycles. The van der Waals surface area contributed by atoms with Crippen LogP contribution >= 0.6 is 0 Å². The average molecular weight is 272 g/mol. The fourth-order valence-corrected chi connectivity index (χ4v) is 1.77. The Hall–Kier alpha value is -2.23. The van der Waals surface area contributed by atoms with E-state index < -0.39 is 0 Å². The van der Waals surface area contributed by atoms with Crippen LogP contribution in [0.4, 0.5) is 5.69 Å². The first kappa shape index (κ1) is 14.2. The van der Waals surface area contributed by atoms with Gasteiger partial charge in [0.1, 0.15) is 5.75 Å². The highest BCUT2D eigenvalue weighted by atomic mass is 16.5. The van der Waals surface area contributed by atoms with E-state index in [9.17, 15) is 0 Å². The van der Waals surface area contributed by atoms with E-state index in [1.807, 2.05) is 37.3 Å². The molecule has 1 aromatic heterocycles. The standard InChI is InChI=1S/C16H20N2O2/c1-3-9-19-15-7-5-6-8-16(15)20-14-10-13(18-4-2)11-17-12-14/h5-8,10-12,18H,3-4,9H2,1-2H3. The molecule has 0 fully saturated rings. The normalized spacial score (nSPS) is 10.1. The maximum atomic E-state index is 5.87. The first-order valence-corrected chi connectivity index (χ1v) is 6.92. The summed E-state index contributed by atoms with van der Waals surface area (Å²) in [5.74, 6) is 2.15. The second-order valence-electron chi connectivity index (χ2n) is 4.34. The number of aromatic nitrogens is 1. The van der Waals surface area contributed by atoms with Gasteiger partial charge in [-0.25, -0.2) is 0 Å². The smallest absolute Gasteiger partial charge is 0.169 e. The Balaban J connectivity index is 2.14. The molecule has 1 N–H and O–H groups in total. The number of anilines is 1. The van der Waals surface area contributed by atoms with Gasteiger partial charge < -0.3 is 14.8 Å². The van der Waals surface area contributed by atoms with Crippen LogP contribution in [0.3, 0.4) is 0 Å². The van der Waals surface area contributed by atoms with Gasteiger partial charge in [0.2, 0.25) is 0 Å². The Bertz CT molecular complexity index is 544. The van der Waals surface area contributed by atoms with Crippen LogP contribution in [-0.2, 0) is 0 Å². The molecule has 0 spiro atoms. The SMILES string of the molecule is CCCOc1ccccc1Oc1cncc(NCC)c1. The lowest BCUT2D eigenvalue weighted by atomic mass is 10.3. The summed E-state index contributed by atoms with van der Waals surface area (Å²) >= 11 is 0. The highest BCUT2D eigenvalue weighted by Crippen LogP contribution is 2.31. The molecule has 4 nitrogen and oxygen atoms in total. The maximum absolute atomic E-state index is 5.87. The van der Waals surface area contributed by atoms with Gasteiger partial charge in [0, 0.05) is 12.6 Å². The lowest BCUT2D eigenvalue weighted by Crippen LogP contribution is -1.99. The molecular formula is C16H20N2O2. The summed E-state index contributed by atoms with van der Waals surface area (Å²) in [5, 5.41) is 3.21. The molecule has 0 saturated carbocycles. The number of rotatable bonds is 7. The molecule has 0 radical (unpaired) electrons. The van der Waals surface area contributed by atoms with E-state index in [4.69, 9.17) is 9.47 Å². The summed E-state index contributed by atoms with van der Waals surface area (Å²) in [6, 6.07) is 9.59. The van der Waals surface area contributed by atoms with Gasteiger partial charge in [-0.2, -0.15) is 0 Å². The Labute approximate surface area is 119 Å². The fourth-order valence-electron chi connectivity index (χ4n) is 1.77. The van der Waals surface area contributed by atoms with Gasteiger partial charge in [0.05, 0.1) is 24.7 Å². The lowest BCUT2D eigenvalue weighted by molar-refractivity contribution is 0.302. The molecule has 0 aliphatic heterocycles. The van der Waals surface area contributed by atoms with Crippen molar-refractivity contribution in [3.63, 3.8) is 0 Å². The van der Waals surface area contributed by atoms with Crippen LogP contribution in [0.5, 0.6) is 17.2 Å². The van der Waals surface area contributed by atoms with Crippen molar-refractivity contribution in [2.45, 2.75) is 20.3 Å². The first-order chi connectivity index (χ1) is 9.83. The summed E-state index contributed by atoms with van der Waals surface area (Å²) in [6.07, 6.45) is 4.43. The second-order valence-corrected chi connectivity index (χ2v) is 4.34. The Morgan fingerprint density at radius 1 is 1.10 bits per heavy atom. The Morgan fingerprint density at radius 2 is 1.90 bits per heavy atom. The zero-order valence-corrected chi connectivity index (χ0v) is 11.9. The summed E-state index contributed by atoms with van der Waals surface area (Å²) in [5.41, 5.74) is 0.942. The molecule has 4 heteroatoms. The number of nitrogens with zero attached hydrogens (tertiary/aromatic N) is 1. The molecule has 2 aromatic rings. The molecule has 0 atom stereocenters. The molecule has 2 rings (SSSR count). The van der Waals surface area contributed by atoms with Crippen molar-refractivity contribution in [3.8, 4) is 17.2 Å². The summed E-state index contributed by atoms with van der Waals surface area (Å²) in [7, 11) is 0. The van der Waals surface area contributed by atoms with E-state index in [2.05, 4.69) is 17.2 Å². The largest absolute Gasteiger partial charge is 0.490 e. The molecule has 0 unspecified atom stereocenters. The highest BCUT2D eigenvalue weighted by molar-refractivity contribution is 5.48. The molecule has 1 heterocycles. The van der Waals surface area contributed by atoms with Crippen LogP contribution in [-0.4, -0.2) is 18.1 Å². The molecular weight excluding hydrogens is 252 g/mol. The predicted molar refractivity (Wildman–Crippen MR) is 80.7 cm³/mol. The number of hydrogen-bond acceptors (Lipinski definition) is 4. The van der Waals surface area contributed by atoms with E-state index in [0.29, 0.717) is 18.1 Å². The molecule has 0 aliphatic rings. The number of para-hydroxylation sites is 2. The van der Waals surface area contributed by atoms with Crippen molar-refractivity contribution in [1.82, 2.24) is 4.98 Å². The third-order valence-electron chi connectivity index (χ3n) is 2.63. The van der Waals surface area contributed by atoms with Crippen molar-refractivity contribution in [3.05, 3.63) is 42.7 Å². The van der Waals surface area contributed by atoms with Gasteiger partial charge in [0.25, 0.3) is 0 Å². The monoisotopic (exact) mass is 272 g/mol. The average Bonchev–Trinajstić information content (AvgIpc) is 2.47. The Morgan fingerprint density at radius 3 is 2.65 bits per heavy atom. The molecule has 1 aromatic carbocycles. The van der Waals surface area contributed by atoms with Gasteiger partial charge in [-0.1, -0.05) is 19.1 Å². The third-order valence-corrected chi connectivity index (χ3v) is 2.63. The Kier molecular flexibility index (Phi) is 5.24. The second kappa shape index (κ2) is 7.38. The first-order valence-electron chi connectivity index (χ1n) is 6.92. The van der Waals surface area contributed by atoms with Gasteiger partial charge in [-0.15, -0.1) is 0 Å². The predicted octanol–water partition coefficient (Wildman–Crippen LogP) is 4.09. The molecule has 20 heavy (non-hydrogen) atoms. The van der Waals surface area contributed by atoms with Gasteiger partial charge >= 0.3 is 0 Å². The van der Waals surface area contributed by atoms with Gasteiger partial charge in [-0.05, 0) is 25.5 Å². The summed E-state index contributed by atoms with van der Waals surface area (Å²) < 4.78 is 11.5. The topological polar surface area (TPSA) is 43.4 Å². The highest BCUT2D eigenvalue weighted by Gasteiger charge is 2.06. The van der Waals surface area contributed by atoms with E-state index in [1.165, 1.54) is 0 Å². The number of ether oxygens (including phenoxy) is 2. The fraction of sp³-hybridized carbons (Fsp3) is 0.312. The van der Waals surface area contributed by atoms with Crippen LogP contribution < -0.4 is 14.8 Å². The maximum Gasteiger partial charge on any atom is 0.169 e. The van der Waals surface area contributed by atoms with Crippen molar-refractivity contribution in [1.29, 1.82) is 0 Å². The van der Waals surface area contributed by atoms with Crippen LogP contribution in [0.1, 0.15) is 20.3 Å². The van der Waals surface area contributed by atoms with E-state index >= 15 is 0 Å². The zero-order chi connectivity index (χ0) is 14.2. The van der Waals surface area contributed by atoms with Crippen LogP contribution in [0.25, 0.3) is 0 Å². The van der Waals surface area contributed by atoms with Crippen molar-refractivity contribution in [2.75, 3.05) is 18.5 Å². The zero-order valence-electron chi connectivity index (χ0n) is 11.9. The third kappa shape index (κ3) is 3.88. The quantitative estimate of drug-likeness (QED) is 0.824. The van der Waals surface area contributed by atoms with E-state index in [-0.39, 0.29) is 0 Å². The summed E-state index contributed by atoms with van der Waals surface area (Å²) in [4.78, 5) is 4.16.